The summed E-state index contributed by atoms with van der Waals surface area (Å²) in [6, 6.07) is 14.3. The van der Waals surface area contributed by atoms with E-state index in [0.29, 0.717) is 28.8 Å². The van der Waals surface area contributed by atoms with Crippen LogP contribution >= 0.6 is 11.3 Å². The van der Waals surface area contributed by atoms with Crippen molar-refractivity contribution in [1.82, 2.24) is 14.9 Å². The molecule has 4 aromatic rings. The summed E-state index contributed by atoms with van der Waals surface area (Å²) in [5.41, 5.74) is 3.33. The molecule has 36 heavy (non-hydrogen) atoms. The molecule has 0 radical (unpaired) electrons. The molecule has 1 aliphatic heterocycles. The number of benzene rings is 2. The second kappa shape index (κ2) is 10.3. The molecule has 8 nitrogen and oxygen atoms in total. The number of carbonyl (C=O) groups is 1. The summed E-state index contributed by atoms with van der Waals surface area (Å²) >= 11 is 1.52. The van der Waals surface area contributed by atoms with Crippen LogP contribution < -0.4 is 20.9 Å². The molecule has 1 saturated heterocycles. The van der Waals surface area contributed by atoms with Crippen LogP contribution in [0.15, 0.2) is 66.6 Å². The van der Waals surface area contributed by atoms with Crippen LogP contribution in [0.2, 0.25) is 0 Å². The van der Waals surface area contributed by atoms with Crippen molar-refractivity contribution < 1.29 is 9.18 Å². The van der Waals surface area contributed by atoms with Gasteiger partial charge in [0.05, 0.1) is 15.9 Å². The standard InChI is InChI=1S/C26H26FN7OS/c1-3-23(35)28-17-5-4-6-18(15-17)29-25-24-21(9-14-36-24)31-26(32-25)30-19-7-8-22(20(27)16-19)34-12-10-33(2)11-13-34/h3-9,14-16H,1,10-13H2,2H3,(H,28,35)(H2,29,30,31,32). The fraction of sp³-hybridized carbons (Fsp3) is 0.192. The van der Waals surface area contributed by atoms with Crippen molar-refractivity contribution in [2.75, 3.05) is 54.1 Å². The van der Waals surface area contributed by atoms with Crippen LogP contribution in [0, 0.1) is 5.82 Å². The summed E-state index contributed by atoms with van der Waals surface area (Å²) in [5.74, 6) is 0.399. The van der Waals surface area contributed by atoms with Crippen molar-refractivity contribution in [2.45, 2.75) is 0 Å². The van der Waals surface area contributed by atoms with E-state index in [2.05, 4.69) is 49.3 Å². The average Bonchev–Trinajstić information content (AvgIpc) is 3.34. The first kappa shape index (κ1) is 23.7. The summed E-state index contributed by atoms with van der Waals surface area (Å²) in [6.45, 7) is 6.89. The van der Waals surface area contributed by atoms with E-state index in [1.165, 1.54) is 23.5 Å². The number of anilines is 6. The molecule has 0 bridgehead atoms. The Labute approximate surface area is 212 Å². The minimum absolute atomic E-state index is 0.280. The monoisotopic (exact) mass is 503 g/mol. The number of hydrogen-bond donors (Lipinski definition) is 3. The highest BCUT2D eigenvalue weighted by Crippen LogP contribution is 2.32. The number of piperazine rings is 1. The summed E-state index contributed by atoms with van der Waals surface area (Å²) in [5, 5.41) is 11.2. The minimum atomic E-state index is -0.285. The van der Waals surface area contributed by atoms with Gasteiger partial charge < -0.3 is 25.8 Å². The lowest BCUT2D eigenvalue weighted by Gasteiger charge is -2.34. The van der Waals surface area contributed by atoms with Crippen LogP contribution in [0.1, 0.15) is 0 Å². The first-order valence-electron chi connectivity index (χ1n) is 11.5. The Kier molecular flexibility index (Phi) is 6.79. The number of likely N-dealkylation sites (N-methyl/N-ethyl adjacent to an activating group) is 1. The molecule has 2 aromatic carbocycles. The van der Waals surface area contributed by atoms with Crippen LogP contribution in [0.25, 0.3) is 10.2 Å². The second-order valence-electron chi connectivity index (χ2n) is 8.51. The lowest BCUT2D eigenvalue weighted by atomic mass is 10.2. The predicted molar refractivity (Wildman–Crippen MR) is 145 cm³/mol. The van der Waals surface area contributed by atoms with Crippen molar-refractivity contribution in [2.24, 2.45) is 0 Å². The van der Waals surface area contributed by atoms with Gasteiger partial charge in [0.1, 0.15) is 5.82 Å². The third-order valence-corrected chi connectivity index (χ3v) is 6.84. The Balaban J connectivity index is 1.37. The number of hydrogen-bond acceptors (Lipinski definition) is 8. The number of nitrogens with one attached hydrogen (secondary N) is 3. The van der Waals surface area contributed by atoms with E-state index in [1.54, 1.807) is 12.1 Å². The third-order valence-electron chi connectivity index (χ3n) is 5.93. The van der Waals surface area contributed by atoms with Crippen LogP contribution in [-0.2, 0) is 4.79 Å². The first-order chi connectivity index (χ1) is 17.5. The smallest absolute Gasteiger partial charge is 0.247 e. The molecule has 184 valence electrons. The van der Waals surface area contributed by atoms with Crippen molar-refractivity contribution in [1.29, 1.82) is 0 Å². The molecule has 3 N–H and O–H groups in total. The van der Waals surface area contributed by atoms with Crippen molar-refractivity contribution in [3.05, 3.63) is 72.4 Å². The molecular formula is C26H26FN7OS. The quantitative estimate of drug-likeness (QED) is 0.299. The van der Waals surface area contributed by atoms with Gasteiger partial charge in [-0.15, -0.1) is 11.3 Å². The number of rotatable bonds is 7. The van der Waals surface area contributed by atoms with Gasteiger partial charge in [-0.2, -0.15) is 4.98 Å². The molecule has 0 atom stereocenters. The molecule has 1 aliphatic rings. The number of carbonyl (C=O) groups excluding carboxylic acids is 1. The topological polar surface area (TPSA) is 85.4 Å². The van der Waals surface area contributed by atoms with E-state index in [4.69, 9.17) is 0 Å². The highest BCUT2D eigenvalue weighted by atomic mass is 32.1. The number of halogens is 1. The van der Waals surface area contributed by atoms with Crippen LogP contribution in [-0.4, -0.2) is 54.0 Å². The van der Waals surface area contributed by atoms with Crippen molar-refractivity contribution in [3.63, 3.8) is 0 Å². The van der Waals surface area contributed by atoms with E-state index in [1.807, 2.05) is 35.7 Å². The number of fused-ring (bicyclic) bond motifs is 1. The molecule has 5 rings (SSSR count). The van der Waals surface area contributed by atoms with Gasteiger partial charge in [-0.1, -0.05) is 12.6 Å². The van der Waals surface area contributed by atoms with Gasteiger partial charge in [-0.25, -0.2) is 9.37 Å². The minimum Gasteiger partial charge on any atom is -0.367 e. The molecule has 1 fully saturated rings. The van der Waals surface area contributed by atoms with E-state index in [0.717, 1.165) is 42.1 Å². The normalized spacial score (nSPS) is 14.0. The lowest BCUT2D eigenvalue weighted by molar-refractivity contribution is -0.111. The van der Waals surface area contributed by atoms with Crippen molar-refractivity contribution in [3.8, 4) is 0 Å². The van der Waals surface area contributed by atoms with E-state index >= 15 is 0 Å². The van der Waals surface area contributed by atoms with Crippen LogP contribution in [0.3, 0.4) is 0 Å². The number of aromatic nitrogens is 2. The van der Waals surface area contributed by atoms with Crippen LogP contribution in [0.4, 0.5) is 38.9 Å². The Hall–Kier alpha value is -4.02. The Morgan fingerprint density at radius 2 is 1.81 bits per heavy atom. The number of nitrogens with zero attached hydrogens (tertiary/aromatic N) is 4. The lowest BCUT2D eigenvalue weighted by Crippen LogP contribution is -2.44. The zero-order valence-electron chi connectivity index (χ0n) is 19.8. The molecule has 3 heterocycles. The Bertz CT molecular complexity index is 1410. The van der Waals surface area contributed by atoms with Crippen molar-refractivity contribution >= 4 is 62.0 Å². The first-order valence-corrected chi connectivity index (χ1v) is 12.4. The van der Waals surface area contributed by atoms with E-state index < -0.39 is 0 Å². The predicted octanol–water partition coefficient (Wildman–Crippen LogP) is 5.19. The maximum Gasteiger partial charge on any atom is 0.247 e. The van der Waals surface area contributed by atoms with Gasteiger partial charge in [-0.05, 0) is 61.0 Å². The van der Waals surface area contributed by atoms with E-state index in [9.17, 15) is 9.18 Å². The summed E-state index contributed by atoms with van der Waals surface area (Å²) in [7, 11) is 2.07. The Morgan fingerprint density at radius 3 is 2.58 bits per heavy atom. The van der Waals surface area contributed by atoms with Gasteiger partial charge in [-0.3, -0.25) is 4.79 Å². The van der Waals surface area contributed by atoms with Gasteiger partial charge in [0.25, 0.3) is 0 Å². The molecule has 0 unspecified atom stereocenters. The fourth-order valence-electron chi connectivity index (χ4n) is 4.03. The zero-order valence-corrected chi connectivity index (χ0v) is 20.6. The fourth-order valence-corrected chi connectivity index (χ4v) is 4.80. The van der Waals surface area contributed by atoms with Gasteiger partial charge in [0.15, 0.2) is 5.82 Å². The maximum absolute atomic E-state index is 15.0. The van der Waals surface area contributed by atoms with Gasteiger partial charge in [0, 0.05) is 43.2 Å². The SMILES string of the molecule is C=CC(=O)Nc1cccc(Nc2nc(Nc3ccc(N4CCN(C)CC4)c(F)c3)nc3ccsc23)c1. The molecule has 1 amide bonds. The van der Waals surface area contributed by atoms with Crippen LogP contribution in [0.5, 0.6) is 0 Å². The molecule has 0 aliphatic carbocycles. The second-order valence-corrected chi connectivity index (χ2v) is 9.43. The highest BCUT2D eigenvalue weighted by Gasteiger charge is 2.18. The molecule has 0 saturated carbocycles. The molecular weight excluding hydrogens is 477 g/mol. The Morgan fingerprint density at radius 1 is 1.03 bits per heavy atom. The maximum atomic E-state index is 15.0. The number of amides is 1. The summed E-state index contributed by atoms with van der Waals surface area (Å²) in [4.78, 5) is 25.2. The molecule has 2 aromatic heterocycles. The van der Waals surface area contributed by atoms with Gasteiger partial charge >= 0.3 is 0 Å². The third kappa shape index (κ3) is 5.29. The van der Waals surface area contributed by atoms with Gasteiger partial charge in [0.2, 0.25) is 11.9 Å². The highest BCUT2D eigenvalue weighted by molar-refractivity contribution is 7.17. The zero-order chi connectivity index (χ0) is 25.1. The average molecular weight is 504 g/mol. The summed E-state index contributed by atoms with van der Waals surface area (Å²) < 4.78 is 15.9. The summed E-state index contributed by atoms with van der Waals surface area (Å²) in [6.07, 6.45) is 1.22. The largest absolute Gasteiger partial charge is 0.367 e. The number of thiophene rings is 1. The molecule has 0 spiro atoms. The van der Waals surface area contributed by atoms with E-state index in [-0.39, 0.29) is 11.7 Å². The molecule has 10 heteroatoms.